The summed E-state index contributed by atoms with van der Waals surface area (Å²) < 4.78 is 5.66. The fourth-order valence-electron chi connectivity index (χ4n) is 2.93. The highest BCUT2D eigenvalue weighted by atomic mass is 16.5. The van der Waals surface area contributed by atoms with E-state index in [0.29, 0.717) is 25.8 Å². The number of amides is 1. The average Bonchev–Trinajstić information content (AvgIpc) is 2.89. The third-order valence-electron chi connectivity index (χ3n) is 3.96. The van der Waals surface area contributed by atoms with Gasteiger partial charge in [-0.25, -0.2) is 0 Å². The number of fused-ring (bicyclic) bond motifs is 1. The van der Waals surface area contributed by atoms with Gasteiger partial charge in [0.1, 0.15) is 5.75 Å². The van der Waals surface area contributed by atoms with Crippen LogP contribution >= 0.6 is 0 Å². The van der Waals surface area contributed by atoms with Crippen molar-refractivity contribution < 1.29 is 14.6 Å². The Bertz CT molecular complexity index is 456. The Morgan fingerprint density at radius 3 is 2.62 bits per heavy atom. The van der Waals surface area contributed by atoms with Gasteiger partial charge >= 0.3 is 0 Å². The molecule has 1 unspecified atom stereocenters. The topological polar surface area (TPSA) is 58.6 Å². The number of rotatable bonds is 7. The Balaban J connectivity index is 1.88. The molecule has 1 amide bonds. The van der Waals surface area contributed by atoms with Crippen molar-refractivity contribution in [2.45, 2.75) is 57.7 Å². The van der Waals surface area contributed by atoms with Crippen molar-refractivity contribution in [1.82, 2.24) is 5.32 Å². The van der Waals surface area contributed by atoms with E-state index >= 15 is 0 Å². The number of para-hydroxylation sites is 1. The molecule has 0 aliphatic carbocycles. The monoisotopic (exact) mass is 291 g/mol. The Morgan fingerprint density at radius 1 is 1.33 bits per heavy atom. The third kappa shape index (κ3) is 3.97. The van der Waals surface area contributed by atoms with Gasteiger partial charge in [-0.3, -0.25) is 4.79 Å². The lowest BCUT2D eigenvalue weighted by atomic mass is 9.92. The summed E-state index contributed by atoms with van der Waals surface area (Å²) in [6.07, 6.45) is 3.33. The van der Waals surface area contributed by atoms with Crippen LogP contribution in [0.15, 0.2) is 24.3 Å². The van der Waals surface area contributed by atoms with Gasteiger partial charge in [0.15, 0.2) is 6.10 Å². The zero-order chi connectivity index (χ0) is 15.3. The van der Waals surface area contributed by atoms with Crippen molar-refractivity contribution in [3.05, 3.63) is 29.8 Å². The maximum absolute atomic E-state index is 12.2. The van der Waals surface area contributed by atoms with Gasteiger partial charge in [-0.05, 0) is 24.5 Å². The first-order valence-electron chi connectivity index (χ1n) is 7.82. The van der Waals surface area contributed by atoms with Crippen molar-refractivity contribution in [3.8, 4) is 5.75 Å². The molecule has 1 heterocycles. The second-order valence-electron chi connectivity index (χ2n) is 5.86. The molecule has 21 heavy (non-hydrogen) atoms. The summed E-state index contributed by atoms with van der Waals surface area (Å²) in [7, 11) is 0. The van der Waals surface area contributed by atoms with E-state index in [1.807, 2.05) is 38.1 Å². The molecule has 1 aromatic rings. The van der Waals surface area contributed by atoms with Gasteiger partial charge in [-0.2, -0.15) is 0 Å². The standard InChI is InChI=1S/C17H25NO3/c1-3-9-17(20,10-4-2)12-18-16(19)15-11-13-7-5-6-8-14(13)21-15/h5-8,15,20H,3-4,9-12H2,1-2H3,(H,18,19). The Labute approximate surface area is 126 Å². The van der Waals surface area contributed by atoms with E-state index in [1.165, 1.54) is 0 Å². The minimum Gasteiger partial charge on any atom is -0.480 e. The molecule has 1 atom stereocenters. The number of benzene rings is 1. The molecule has 0 radical (unpaired) electrons. The molecule has 4 heteroatoms. The van der Waals surface area contributed by atoms with E-state index in [4.69, 9.17) is 4.74 Å². The van der Waals surface area contributed by atoms with Crippen molar-refractivity contribution in [1.29, 1.82) is 0 Å². The Morgan fingerprint density at radius 2 is 2.00 bits per heavy atom. The van der Waals surface area contributed by atoms with Gasteiger partial charge in [-0.1, -0.05) is 44.9 Å². The summed E-state index contributed by atoms with van der Waals surface area (Å²) in [6, 6.07) is 7.71. The summed E-state index contributed by atoms with van der Waals surface area (Å²) >= 11 is 0. The maximum atomic E-state index is 12.2. The molecule has 116 valence electrons. The normalized spacial score (nSPS) is 17.2. The molecule has 0 saturated heterocycles. The molecular weight excluding hydrogens is 266 g/mol. The number of hydrogen-bond acceptors (Lipinski definition) is 3. The first kappa shape index (κ1) is 15.8. The summed E-state index contributed by atoms with van der Waals surface area (Å²) in [5, 5.41) is 13.4. The van der Waals surface area contributed by atoms with E-state index < -0.39 is 11.7 Å². The summed E-state index contributed by atoms with van der Waals surface area (Å²) in [6.45, 7) is 4.38. The van der Waals surface area contributed by atoms with Crippen LogP contribution in [0.4, 0.5) is 0 Å². The predicted octanol–water partition coefficient (Wildman–Crippen LogP) is 2.44. The highest BCUT2D eigenvalue weighted by molar-refractivity contribution is 5.82. The second kappa shape index (κ2) is 6.94. The minimum atomic E-state index is -0.801. The number of nitrogens with one attached hydrogen (secondary N) is 1. The van der Waals surface area contributed by atoms with Crippen molar-refractivity contribution in [2.24, 2.45) is 0 Å². The highest BCUT2D eigenvalue weighted by Gasteiger charge is 2.31. The predicted molar refractivity (Wildman–Crippen MR) is 82.3 cm³/mol. The molecule has 2 N–H and O–H groups in total. The molecule has 2 rings (SSSR count). The molecule has 0 fully saturated rings. The van der Waals surface area contributed by atoms with Crippen LogP contribution in [0.5, 0.6) is 5.75 Å². The Hall–Kier alpha value is -1.55. The van der Waals surface area contributed by atoms with Crippen LogP contribution in [-0.4, -0.2) is 29.3 Å². The maximum Gasteiger partial charge on any atom is 0.261 e. The van der Waals surface area contributed by atoms with Crippen LogP contribution < -0.4 is 10.1 Å². The number of ether oxygens (including phenoxy) is 1. The lowest BCUT2D eigenvalue weighted by molar-refractivity contribution is -0.128. The molecule has 1 aliphatic heterocycles. The number of carbonyl (C=O) groups is 1. The van der Waals surface area contributed by atoms with Gasteiger partial charge in [0.25, 0.3) is 5.91 Å². The van der Waals surface area contributed by atoms with E-state index in [2.05, 4.69) is 5.32 Å². The lowest BCUT2D eigenvalue weighted by Gasteiger charge is -2.28. The van der Waals surface area contributed by atoms with Crippen molar-refractivity contribution in [2.75, 3.05) is 6.54 Å². The summed E-state index contributed by atoms with van der Waals surface area (Å²) in [4.78, 5) is 12.2. The first-order chi connectivity index (χ1) is 10.1. The molecule has 0 spiro atoms. The number of carbonyl (C=O) groups excluding carboxylic acids is 1. The average molecular weight is 291 g/mol. The van der Waals surface area contributed by atoms with Crippen LogP contribution in [0.25, 0.3) is 0 Å². The second-order valence-corrected chi connectivity index (χ2v) is 5.86. The van der Waals surface area contributed by atoms with E-state index in [9.17, 15) is 9.90 Å². The van der Waals surface area contributed by atoms with Crippen LogP contribution in [0, 0.1) is 0 Å². The number of hydrogen-bond donors (Lipinski definition) is 2. The van der Waals surface area contributed by atoms with Crippen molar-refractivity contribution >= 4 is 5.91 Å². The van der Waals surface area contributed by atoms with Crippen LogP contribution in [0.3, 0.4) is 0 Å². The van der Waals surface area contributed by atoms with Gasteiger partial charge < -0.3 is 15.2 Å². The highest BCUT2D eigenvalue weighted by Crippen LogP contribution is 2.28. The smallest absolute Gasteiger partial charge is 0.261 e. The van der Waals surface area contributed by atoms with Gasteiger partial charge in [0.05, 0.1) is 5.60 Å². The molecule has 4 nitrogen and oxygen atoms in total. The van der Waals surface area contributed by atoms with Gasteiger partial charge in [-0.15, -0.1) is 0 Å². The van der Waals surface area contributed by atoms with Crippen molar-refractivity contribution in [3.63, 3.8) is 0 Å². The first-order valence-corrected chi connectivity index (χ1v) is 7.82. The fraction of sp³-hybridized carbons (Fsp3) is 0.588. The SMILES string of the molecule is CCCC(O)(CCC)CNC(=O)C1Cc2ccccc2O1. The molecule has 0 saturated carbocycles. The van der Waals surface area contributed by atoms with E-state index in [1.54, 1.807) is 0 Å². The fourth-order valence-corrected chi connectivity index (χ4v) is 2.93. The third-order valence-corrected chi connectivity index (χ3v) is 3.96. The summed E-state index contributed by atoms with van der Waals surface area (Å²) in [5.41, 5.74) is 0.264. The lowest BCUT2D eigenvalue weighted by Crippen LogP contribution is -2.47. The molecule has 1 aliphatic rings. The van der Waals surface area contributed by atoms with E-state index in [0.717, 1.165) is 24.2 Å². The van der Waals surface area contributed by atoms with Crippen LogP contribution in [0.1, 0.15) is 45.1 Å². The number of aliphatic hydroxyl groups is 1. The zero-order valence-corrected chi connectivity index (χ0v) is 12.9. The van der Waals surface area contributed by atoms with Crippen LogP contribution in [0.2, 0.25) is 0 Å². The molecule has 1 aromatic carbocycles. The Kier molecular flexibility index (Phi) is 5.23. The van der Waals surface area contributed by atoms with Gasteiger partial charge in [0, 0.05) is 13.0 Å². The summed E-state index contributed by atoms with van der Waals surface area (Å²) in [5.74, 6) is 0.645. The molecular formula is C17H25NO3. The minimum absolute atomic E-state index is 0.142. The van der Waals surface area contributed by atoms with Gasteiger partial charge in [0.2, 0.25) is 0 Å². The van der Waals surface area contributed by atoms with Crippen LogP contribution in [-0.2, 0) is 11.2 Å². The van der Waals surface area contributed by atoms with E-state index in [-0.39, 0.29) is 5.91 Å². The largest absolute Gasteiger partial charge is 0.480 e. The molecule has 0 bridgehead atoms. The zero-order valence-electron chi connectivity index (χ0n) is 12.9. The quantitative estimate of drug-likeness (QED) is 0.811. The molecule has 0 aromatic heterocycles.